The minimum atomic E-state index is -0.932. The summed E-state index contributed by atoms with van der Waals surface area (Å²) in [6, 6.07) is 0. The second kappa shape index (κ2) is 12.8. The molecule has 1 rings (SSSR count). The van der Waals surface area contributed by atoms with E-state index in [1.54, 1.807) is 19.3 Å². The topological polar surface area (TPSA) is 108 Å². The largest absolute Gasteiger partial charge is 0.401 e. The summed E-state index contributed by atoms with van der Waals surface area (Å²) in [5.41, 5.74) is 6.10. The van der Waals surface area contributed by atoms with Crippen LogP contribution in [0.1, 0.15) is 33.1 Å². The summed E-state index contributed by atoms with van der Waals surface area (Å²) in [7, 11) is 0. The van der Waals surface area contributed by atoms with E-state index in [0.29, 0.717) is 18.7 Å². The van der Waals surface area contributed by atoms with Gasteiger partial charge in [-0.25, -0.2) is 0 Å². The van der Waals surface area contributed by atoms with Gasteiger partial charge in [-0.15, -0.1) is 0 Å². The SMILES string of the molecule is CCC/C=C(Br)/C=N/C=C(\C)N.OCC1OCCC(O)C1O. The van der Waals surface area contributed by atoms with Crippen LogP contribution < -0.4 is 5.73 Å². The number of aliphatic hydroxyl groups excluding tert-OH is 3. The Morgan fingerprint density at radius 2 is 2.14 bits per heavy atom. The molecule has 0 amide bonds. The van der Waals surface area contributed by atoms with Crippen molar-refractivity contribution in [1.29, 1.82) is 0 Å². The molecule has 1 heterocycles. The van der Waals surface area contributed by atoms with Crippen LogP contribution in [0.25, 0.3) is 0 Å². The second-order valence-electron chi connectivity index (χ2n) is 4.97. The fourth-order valence-corrected chi connectivity index (χ4v) is 1.93. The summed E-state index contributed by atoms with van der Waals surface area (Å²) in [5, 5.41) is 26.7. The molecule has 1 saturated heterocycles. The van der Waals surface area contributed by atoms with Crippen molar-refractivity contribution in [2.75, 3.05) is 13.2 Å². The second-order valence-corrected chi connectivity index (χ2v) is 5.88. The Morgan fingerprint density at radius 3 is 2.64 bits per heavy atom. The van der Waals surface area contributed by atoms with E-state index in [1.165, 1.54) is 0 Å². The Morgan fingerprint density at radius 1 is 1.45 bits per heavy atom. The smallest absolute Gasteiger partial charge is 0.109 e. The van der Waals surface area contributed by atoms with E-state index in [9.17, 15) is 0 Å². The number of allylic oxidation sites excluding steroid dienone is 3. The highest BCUT2D eigenvalue weighted by Crippen LogP contribution is 2.13. The lowest BCUT2D eigenvalue weighted by atomic mass is 10.0. The molecule has 0 saturated carbocycles. The van der Waals surface area contributed by atoms with Crippen LogP contribution in [-0.4, -0.2) is 53.1 Å². The molecule has 1 aliphatic rings. The highest BCUT2D eigenvalue weighted by Gasteiger charge is 2.30. The van der Waals surface area contributed by atoms with Gasteiger partial charge in [-0.05, 0) is 35.7 Å². The molecular weight excluding hydrogens is 352 g/mol. The van der Waals surface area contributed by atoms with Gasteiger partial charge in [0.2, 0.25) is 0 Å². The van der Waals surface area contributed by atoms with Crippen LogP contribution in [0.15, 0.2) is 27.4 Å². The molecule has 5 N–H and O–H groups in total. The van der Waals surface area contributed by atoms with E-state index < -0.39 is 18.3 Å². The Balaban J connectivity index is 0.000000406. The predicted octanol–water partition coefficient (Wildman–Crippen LogP) is 1.45. The third-order valence-corrected chi connectivity index (χ3v) is 3.33. The zero-order valence-electron chi connectivity index (χ0n) is 13.2. The van der Waals surface area contributed by atoms with E-state index in [4.69, 9.17) is 25.8 Å². The van der Waals surface area contributed by atoms with Crippen molar-refractivity contribution in [3.8, 4) is 0 Å². The fourth-order valence-electron chi connectivity index (χ4n) is 1.58. The zero-order chi connectivity index (χ0) is 17.0. The number of ether oxygens (including phenoxy) is 1. The zero-order valence-corrected chi connectivity index (χ0v) is 14.7. The van der Waals surface area contributed by atoms with Crippen molar-refractivity contribution < 1.29 is 20.1 Å². The molecule has 0 radical (unpaired) electrons. The fraction of sp³-hybridized carbons (Fsp3) is 0.667. The number of halogens is 1. The van der Waals surface area contributed by atoms with Crippen molar-refractivity contribution in [1.82, 2.24) is 0 Å². The van der Waals surface area contributed by atoms with Gasteiger partial charge >= 0.3 is 0 Å². The monoisotopic (exact) mass is 378 g/mol. The molecule has 0 aromatic carbocycles. The number of aliphatic hydroxyl groups is 3. The first-order chi connectivity index (χ1) is 10.4. The van der Waals surface area contributed by atoms with Gasteiger partial charge in [0.1, 0.15) is 12.2 Å². The normalized spacial score (nSPS) is 26.7. The molecular formula is C15H27BrN2O4. The van der Waals surface area contributed by atoms with Crippen LogP contribution >= 0.6 is 15.9 Å². The van der Waals surface area contributed by atoms with Crippen molar-refractivity contribution in [2.24, 2.45) is 10.7 Å². The molecule has 22 heavy (non-hydrogen) atoms. The molecule has 0 aliphatic carbocycles. The first-order valence-corrected chi connectivity index (χ1v) is 8.11. The van der Waals surface area contributed by atoms with Gasteiger partial charge in [0, 0.05) is 29.2 Å². The summed E-state index contributed by atoms with van der Waals surface area (Å²) < 4.78 is 5.95. The molecule has 3 unspecified atom stereocenters. The van der Waals surface area contributed by atoms with Crippen LogP contribution in [0.3, 0.4) is 0 Å². The highest BCUT2D eigenvalue weighted by atomic mass is 79.9. The summed E-state index contributed by atoms with van der Waals surface area (Å²) in [5.74, 6) is 0. The molecule has 128 valence electrons. The van der Waals surface area contributed by atoms with Gasteiger partial charge in [-0.3, -0.25) is 4.99 Å². The molecule has 0 aromatic heterocycles. The first kappa shape index (κ1) is 21.3. The van der Waals surface area contributed by atoms with Gasteiger partial charge in [-0.2, -0.15) is 0 Å². The maximum absolute atomic E-state index is 9.10. The lowest BCUT2D eigenvalue weighted by Gasteiger charge is -2.30. The Hall–Kier alpha value is -0.730. The minimum absolute atomic E-state index is 0.238. The van der Waals surface area contributed by atoms with Gasteiger partial charge in [-0.1, -0.05) is 19.4 Å². The van der Waals surface area contributed by atoms with E-state index in [1.807, 2.05) is 0 Å². The first-order valence-electron chi connectivity index (χ1n) is 7.32. The summed E-state index contributed by atoms with van der Waals surface area (Å²) in [6.45, 7) is 4.11. The number of unbranched alkanes of at least 4 members (excludes halogenated alkanes) is 1. The van der Waals surface area contributed by atoms with Crippen LogP contribution in [0, 0.1) is 0 Å². The standard InChI is InChI=1S/C9H15BrN2.C6H12O4/c1-3-4-5-9(10)7-12-6-8(2)11;7-3-5-6(9)4(8)1-2-10-5/h5-7H,3-4,11H2,1-2H3;4-9H,1-3H2/b8-6+,9-5-,12-7+;. The lowest BCUT2D eigenvalue weighted by Crippen LogP contribution is -2.46. The summed E-state index contributed by atoms with van der Waals surface area (Å²) >= 11 is 3.37. The molecule has 0 spiro atoms. The number of nitrogens with zero attached hydrogens (tertiary/aromatic N) is 1. The third kappa shape index (κ3) is 10.1. The number of hydrogen-bond donors (Lipinski definition) is 4. The third-order valence-electron chi connectivity index (χ3n) is 2.80. The number of hydrogen-bond acceptors (Lipinski definition) is 6. The Kier molecular flexibility index (Phi) is 12.4. The number of nitrogens with two attached hydrogens (primary N) is 1. The van der Waals surface area contributed by atoms with Gasteiger partial charge < -0.3 is 25.8 Å². The maximum Gasteiger partial charge on any atom is 0.109 e. The quantitative estimate of drug-likeness (QED) is 0.541. The minimum Gasteiger partial charge on any atom is -0.401 e. The van der Waals surface area contributed by atoms with Crippen LogP contribution in [-0.2, 0) is 4.74 Å². The maximum atomic E-state index is 9.10. The number of rotatable bonds is 5. The van der Waals surface area contributed by atoms with Crippen molar-refractivity contribution in [2.45, 2.75) is 51.4 Å². The molecule has 6 nitrogen and oxygen atoms in total. The Bertz CT molecular complexity index is 382. The van der Waals surface area contributed by atoms with Crippen molar-refractivity contribution >= 4 is 22.1 Å². The van der Waals surface area contributed by atoms with Crippen molar-refractivity contribution in [3.63, 3.8) is 0 Å². The summed E-state index contributed by atoms with van der Waals surface area (Å²) in [4.78, 5) is 4.00. The van der Waals surface area contributed by atoms with E-state index in [2.05, 4.69) is 33.9 Å². The van der Waals surface area contributed by atoms with E-state index in [-0.39, 0.29) is 6.61 Å². The highest BCUT2D eigenvalue weighted by molar-refractivity contribution is 9.12. The van der Waals surface area contributed by atoms with E-state index in [0.717, 1.165) is 17.3 Å². The molecule has 7 heteroatoms. The molecule has 1 aliphatic heterocycles. The van der Waals surface area contributed by atoms with Crippen LogP contribution in [0.5, 0.6) is 0 Å². The van der Waals surface area contributed by atoms with E-state index >= 15 is 0 Å². The Labute approximate surface area is 140 Å². The molecule has 3 atom stereocenters. The molecule has 1 fully saturated rings. The predicted molar refractivity (Wildman–Crippen MR) is 91.8 cm³/mol. The van der Waals surface area contributed by atoms with Gasteiger partial charge in [0.25, 0.3) is 0 Å². The molecule has 0 bridgehead atoms. The lowest BCUT2D eigenvalue weighted by molar-refractivity contribution is -0.147. The van der Waals surface area contributed by atoms with Crippen LogP contribution in [0.2, 0.25) is 0 Å². The number of aliphatic imine (C=N–C) groups is 1. The van der Waals surface area contributed by atoms with Crippen LogP contribution in [0.4, 0.5) is 0 Å². The van der Waals surface area contributed by atoms with Gasteiger partial charge in [0.05, 0.1) is 12.7 Å². The van der Waals surface area contributed by atoms with Crippen molar-refractivity contribution in [3.05, 3.63) is 22.5 Å². The molecule has 0 aromatic rings. The average molecular weight is 379 g/mol. The van der Waals surface area contributed by atoms with Gasteiger partial charge in [0.15, 0.2) is 0 Å². The average Bonchev–Trinajstić information content (AvgIpc) is 2.48. The summed E-state index contributed by atoms with van der Waals surface area (Å²) in [6.07, 6.45) is 5.83.